The highest BCUT2D eigenvalue weighted by Gasteiger charge is 2.30. The molecule has 2 aromatic carbocycles. The van der Waals surface area contributed by atoms with Crippen molar-refractivity contribution in [2.45, 2.75) is 65.5 Å². The SMILES string of the molecule is CC(C)(C)C1CCC(Oc2cc(F)cc(-c3cccc(CNCCC(=O)O)c3)c2)CC1. The van der Waals surface area contributed by atoms with E-state index in [4.69, 9.17) is 9.84 Å². The molecule has 168 valence electrons. The number of carboxylic acid groups (broad SMARTS) is 1. The van der Waals surface area contributed by atoms with Crippen LogP contribution in [-0.2, 0) is 11.3 Å². The predicted octanol–water partition coefficient (Wildman–Crippen LogP) is 6.04. The number of nitrogens with one attached hydrogen (secondary N) is 1. The molecule has 2 aromatic rings. The first-order valence-corrected chi connectivity index (χ1v) is 11.2. The summed E-state index contributed by atoms with van der Waals surface area (Å²) in [6.07, 6.45) is 4.52. The molecule has 5 heteroatoms. The standard InChI is InChI=1S/C26H34FNO3/c1-26(2,3)21-7-9-23(10-8-21)31-24-15-20(14-22(27)16-24)19-6-4-5-18(13-19)17-28-12-11-25(29)30/h4-6,13-16,21,23,28H,7-12,17H2,1-3H3,(H,29,30). The number of hydrogen-bond acceptors (Lipinski definition) is 3. The van der Waals surface area contributed by atoms with Gasteiger partial charge in [0.1, 0.15) is 11.6 Å². The van der Waals surface area contributed by atoms with E-state index in [0.29, 0.717) is 30.2 Å². The van der Waals surface area contributed by atoms with Crippen LogP contribution in [0.2, 0.25) is 0 Å². The maximum Gasteiger partial charge on any atom is 0.304 e. The van der Waals surface area contributed by atoms with Gasteiger partial charge in [-0.1, -0.05) is 39.0 Å². The minimum Gasteiger partial charge on any atom is -0.490 e. The lowest BCUT2D eigenvalue weighted by Crippen LogP contribution is -2.30. The van der Waals surface area contributed by atoms with Crippen LogP contribution in [0.15, 0.2) is 42.5 Å². The average Bonchev–Trinajstić information content (AvgIpc) is 2.71. The van der Waals surface area contributed by atoms with Crippen LogP contribution in [0.4, 0.5) is 4.39 Å². The number of hydrogen-bond donors (Lipinski definition) is 2. The lowest BCUT2D eigenvalue weighted by molar-refractivity contribution is -0.136. The van der Waals surface area contributed by atoms with Crippen LogP contribution in [0.1, 0.15) is 58.4 Å². The van der Waals surface area contributed by atoms with E-state index in [2.05, 4.69) is 26.1 Å². The molecule has 3 rings (SSSR count). The van der Waals surface area contributed by atoms with Crippen molar-refractivity contribution >= 4 is 5.97 Å². The smallest absolute Gasteiger partial charge is 0.304 e. The van der Waals surface area contributed by atoms with Crippen molar-refractivity contribution in [3.63, 3.8) is 0 Å². The van der Waals surface area contributed by atoms with Gasteiger partial charge in [0.05, 0.1) is 12.5 Å². The molecular weight excluding hydrogens is 393 g/mol. The van der Waals surface area contributed by atoms with E-state index in [1.807, 2.05) is 30.3 Å². The van der Waals surface area contributed by atoms with Crippen LogP contribution >= 0.6 is 0 Å². The fraction of sp³-hybridized carbons (Fsp3) is 0.500. The van der Waals surface area contributed by atoms with E-state index in [-0.39, 0.29) is 18.3 Å². The van der Waals surface area contributed by atoms with Crippen molar-refractivity contribution < 1.29 is 19.0 Å². The molecule has 2 N–H and O–H groups in total. The molecule has 31 heavy (non-hydrogen) atoms. The molecule has 1 aliphatic rings. The van der Waals surface area contributed by atoms with Gasteiger partial charge in [0.15, 0.2) is 0 Å². The summed E-state index contributed by atoms with van der Waals surface area (Å²) < 4.78 is 20.5. The number of aliphatic carboxylic acids is 1. The summed E-state index contributed by atoms with van der Waals surface area (Å²) in [4.78, 5) is 10.6. The van der Waals surface area contributed by atoms with Gasteiger partial charge in [-0.25, -0.2) is 4.39 Å². The molecule has 0 spiro atoms. The Balaban J connectivity index is 1.65. The van der Waals surface area contributed by atoms with E-state index < -0.39 is 5.97 Å². The van der Waals surface area contributed by atoms with Gasteiger partial charge in [-0.15, -0.1) is 0 Å². The fourth-order valence-electron chi connectivity index (χ4n) is 4.33. The van der Waals surface area contributed by atoms with Crippen LogP contribution in [-0.4, -0.2) is 23.7 Å². The zero-order valence-electron chi connectivity index (χ0n) is 18.8. The van der Waals surface area contributed by atoms with Crippen LogP contribution in [0.5, 0.6) is 5.75 Å². The second kappa shape index (κ2) is 10.3. The van der Waals surface area contributed by atoms with E-state index in [1.165, 1.54) is 12.1 Å². The van der Waals surface area contributed by atoms with Gasteiger partial charge in [-0.05, 0) is 71.9 Å². The van der Waals surface area contributed by atoms with Crippen molar-refractivity contribution in [3.05, 3.63) is 53.8 Å². The molecule has 0 amide bonds. The Hall–Kier alpha value is -2.40. The number of rotatable bonds is 8. The first-order valence-electron chi connectivity index (χ1n) is 11.2. The third kappa shape index (κ3) is 7.06. The van der Waals surface area contributed by atoms with E-state index in [9.17, 15) is 9.18 Å². The Morgan fingerprint density at radius 3 is 2.52 bits per heavy atom. The molecule has 0 radical (unpaired) electrons. The molecule has 0 atom stereocenters. The summed E-state index contributed by atoms with van der Waals surface area (Å²) in [5.74, 6) is 0.169. The molecule has 0 heterocycles. The van der Waals surface area contributed by atoms with Gasteiger partial charge >= 0.3 is 5.97 Å². The Kier molecular flexibility index (Phi) is 7.71. The largest absolute Gasteiger partial charge is 0.490 e. The maximum absolute atomic E-state index is 14.4. The van der Waals surface area contributed by atoms with Crippen LogP contribution in [0, 0.1) is 17.2 Å². The van der Waals surface area contributed by atoms with E-state index in [0.717, 1.165) is 42.4 Å². The van der Waals surface area contributed by atoms with Crippen LogP contribution in [0.25, 0.3) is 11.1 Å². The number of benzene rings is 2. The number of carbonyl (C=O) groups is 1. The Morgan fingerprint density at radius 1 is 1.10 bits per heavy atom. The monoisotopic (exact) mass is 427 g/mol. The highest BCUT2D eigenvalue weighted by molar-refractivity contribution is 5.67. The molecule has 0 aromatic heterocycles. The lowest BCUT2D eigenvalue weighted by atomic mass is 9.72. The Bertz CT molecular complexity index is 882. The molecule has 4 nitrogen and oxygen atoms in total. The number of carboxylic acids is 1. The van der Waals surface area contributed by atoms with Crippen molar-refractivity contribution in [2.75, 3.05) is 6.54 Å². The van der Waals surface area contributed by atoms with E-state index in [1.54, 1.807) is 0 Å². The molecule has 1 fully saturated rings. The lowest BCUT2D eigenvalue weighted by Gasteiger charge is -2.37. The third-order valence-corrected chi connectivity index (χ3v) is 6.18. The average molecular weight is 428 g/mol. The maximum atomic E-state index is 14.4. The summed E-state index contributed by atoms with van der Waals surface area (Å²) in [5.41, 5.74) is 3.05. The van der Waals surface area contributed by atoms with Gasteiger partial charge in [0, 0.05) is 19.2 Å². The molecule has 0 bridgehead atoms. The van der Waals surface area contributed by atoms with Crippen molar-refractivity contribution in [1.29, 1.82) is 0 Å². The van der Waals surface area contributed by atoms with Gasteiger partial charge in [0.25, 0.3) is 0 Å². The van der Waals surface area contributed by atoms with E-state index >= 15 is 0 Å². The minimum atomic E-state index is -0.819. The van der Waals surface area contributed by atoms with Crippen molar-refractivity contribution in [2.24, 2.45) is 11.3 Å². The topological polar surface area (TPSA) is 58.6 Å². The quantitative estimate of drug-likeness (QED) is 0.504. The number of halogens is 1. The molecule has 0 saturated heterocycles. The van der Waals surface area contributed by atoms with Gasteiger partial charge in [-0.3, -0.25) is 4.79 Å². The first kappa shape index (κ1) is 23.3. The zero-order valence-corrected chi connectivity index (χ0v) is 18.8. The van der Waals surface area contributed by atoms with Gasteiger partial charge < -0.3 is 15.2 Å². The summed E-state index contributed by atoms with van der Waals surface area (Å²) in [6.45, 7) is 7.88. The highest BCUT2D eigenvalue weighted by atomic mass is 19.1. The van der Waals surface area contributed by atoms with Gasteiger partial charge in [-0.2, -0.15) is 0 Å². The summed E-state index contributed by atoms with van der Waals surface area (Å²) in [7, 11) is 0. The second-order valence-electron chi connectivity index (χ2n) is 9.65. The molecule has 1 aliphatic carbocycles. The Morgan fingerprint density at radius 2 is 1.84 bits per heavy atom. The molecule has 1 saturated carbocycles. The van der Waals surface area contributed by atoms with Crippen LogP contribution < -0.4 is 10.1 Å². The van der Waals surface area contributed by atoms with Crippen molar-refractivity contribution in [3.8, 4) is 16.9 Å². The minimum absolute atomic E-state index is 0.0853. The Labute approximate surface area is 184 Å². The second-order valence-corrected chi connectivity index (χ2v) is 9.65. The number of ether oxygens (including phenoxy) is 1. The summed E-state index contributed by atoms with van der Waals surface area (Å²) in [6, 6.07) is 12.8. The van der Waals surface area contributed by atoms with Crippen molar-refractivity contribution in [1.82, 2.24) is 5.32 Å². The zero-order chi connectivity index (χ0) is 22.4. The first-order chi connectivity index (χ1) is 14.7. The van der Waals surface area contributed by atoms with Gasteiger partial charge in [0.2, 0.25) is 0 Å². The fourth-order valence-corrected chi connectivity index (χ4v) is 4.33. The molecular formula is C26H34FNO3. The predicted molar refractivity (Wildman–Crippen MR) is 122 cm³/mol. The molecule has 0 unspecified atom stereocenters. The normalized spacial score (nSPS) is 19.2. The highest BCUT2D eigenvalue weighted by Crippen LogP contribution is 2.39. The third-order valence-electron chi connectivity index (χ3n) is 6.18. The molecule has 0 aliphatic heterocycles. The van der Waals surface area contributed by atoms with Crippen LogP contribution in [0.3, 0.4) is 0 Å². The summed E-state index contributed by atoms with van der Waals surface area (Å²) >= 11 is 0. The summed E-state index contributed by atoms with van der Waals surface area (Å²) in [5, 5.41) is 11.9.